The highest BCUT2D eigenvalue weighted by Gasteiger charge is 2.16. The van der Waals surface area contributed by atoms with Crippen molar-refractivity contribution >= 4 is 17.3 Å². The lowest BCUT2D eigenvalue weighted by Gasteiger charge is -2.21. The van der Waals surface area contributed by atoms with Crippen molar-refractivity contribution in [3.63, 3.8) is 0 Å². The number of hydrogen-bond donors (Lipinski definition) is 2. The Labute approximate surface area is 119 Å². The predicted octanol–water partition coefficient (Wildman–Crippen LogP) is 2.14. The quantitative estimate of drug-likeness (QED) is 0.828. The molecule has 0 radical (unpaired) electrons. The van der Waals surface area contributed by atoms with Gasteiger partial charge in [0.2, 0.25) is 0 Å². The number of hydrogen-bond acceptors (Lipinski definition) is 3. The predicted molar refractivity (Wildman–Crippen MR) is 82.1 cm³/mol. The molecule has 2 N–H and O–H groups in total. The summed E-state index contributed by atoms with van der Waals surface area (Å²) in [5, 5.41) is 6.12. The number of nitrogens with one attached hydrogen (secondary N) is 2. The van der Waals surface area contributed by atoms with Crippen molar-refractivity contribution in [2.24, 2.45) is 0 Å². The molecule has 2 aliphatic rings. The molecule has 0 spiro atoms. The average molecular weight is 271 g/mol. The van der Waals surface area contributed by atoms with Crippen LogP contribution in [-0.4, -0.2) is 32.1 Å². The number of amides is 1. The van der Waals surface area contributed by atoms with Gasteiger partial charge in [0.1, 0.15) is 0 Å². The fourth-order valence-corrected chi connectivity index (χ4v) is 2.63. The highest BCUT2D eigenvalue weighted by molar-refractivity contribution is 6.04. The smallest absolute Gasteiger partial charge is 0.251 e. The zero-order chi connectivity index (χ0) is 13.9. The third kappa shape index (κ3) is 2.70. The van der Waals surface area contributed by atoms with Gasteiger partial charge >= 0.3 is 0 Å². The monoisotopic (exact) mass is 271 g/mol. The highest BCUT2D eigenvalue weighted by atomic mass is 16.1. The van der Waals surface area contributed by atoms with Crippen LogP contribution in [0.2, 0.25) is 0 Å². The van der Waals surface area contributed by atoms with Crippen LogP contribution in [0.3, 0.4) is 0 Å². The van der Waals surface area contributed by atoms with E-state index in [4.69, 9.17) is 0 Å². The third-order valence-corrected chi connectivity index (χ3v) is 4.14. The molecule has 1 aromatic rings. The molecule has 0 atom stereocenters. The van der Waals surface area contributed by atoms with E-state index in [0.717, 1.165) is 37.4 Å². The minimum Gasteiger partial charge on any atom is -0.372 e. The summed E-state index contributed by atoms with van der Waals surface area (Å²) < 4.78 is 0. The van der Waals surface area contributed by atoms with Crippen LogP contribution in [0.15, 0.2) is 35.4 Å². The maximum absolute atomic E-state index is 12.1. The molecular weight excluding hydrogens is 250 g/mol. The Morgan fingerprint density at radius 2 is 1.80 bits per heavy atom. The minimum absolute atomic E-state index is 0.00965. The van der Waals surface area contributed by atoms with Crippen LogP contribution in [0.25, 0.3) is 0 Å². The van der Waals surface area contributed by atoms with E-state index in [-0.39, 0.29) is 5.91 Å². The zero-order valence-electron chi connectivity index (χ0n) is 11.9. The van der Waals surface area contributed by atoms with Gasteiger partial charge < -0.3 is 15.5 Å². The van der Waals surface area contributed by atoms with Gasteiger partial charge in [-0.05, 0) is 49.6 Å². The Balaban J connectivity index is 1.64. The standard InChI is InChI=1S/C16H21N3O/c1-12(13-10-17-11-13)16(20)18-14-4-6-15(7-5-14)19-8-2-3-9-19/h4-7,17H,2-3,8-11H2,1H3,(H,18,20). The molecule has 1 amide bonds. The lowest BCUT2D eigenvalue weighted by Crippen LogP contribution is -2.36. The van der Waals surface area contributed by atoms with Crippen molar-refractivity contribution in [1.29, 1.82) is 0 Å². The first kappa shape index (κ1) is 13.2. The number of carbonyl (C=O) groups is 1. The molecule has 106 valence electrons. The Morgan fingerprint density at radius 1 is 1.15 bits per heavy atom. The zero-order valence-corrected chi connectivity index (χ0v) is 11.9. The molecule has 2 heterocycles. The van der Waals surface area contributed by atoms with Crippen molar-refractivity contribution in [3.8, 4) is 0 Å². The summed E-state index contributed by atoms with van der Waals surface area (Å²) in [6.45, 7) is 5.86. The highest BCUT2D eigenvalue weighted by Crippen LogP contribution is 2.22. The van der Waals surface area contributed by atoms with Crippen molar-refractivity contribution in [1.82, 2.24) is 5.32 Å². The van der Waals surface area contributed by atoms with Gasteiger partial charge in [-0.25, -0.2) is 0 Å². The first-order chi connectivity index (χ1) is 9.74. The summed E-state index contributed by atoms with van der Waals surface area (Å²) >= 11 is 0. The lowest BCUT2D eigenvalue weighted by atomic mass is 10.0. The number of carbonyl (C=O) groups excluding carboxylic acids is 1. The fraction of sp³-hybridized carbons (Fsp3) is 0.438. The van der Waals surface area contributed by atoms with E-state index < -0.39 is 0 Å². The van der Waals surface area contributed by atoms with Crippen LogP contribution in [0.1, 0.15) is 19.8 Å². The SMILES string of the molecule is CC(C(=O)Nc1ccc(N2CCCC2)cc1)=C1CNC1. The van der Waals surface area contributed by atoms with Gasteiger partial charge in [-0.2, -0.15) is 0 Å². The van der Waals surface area contributed by atoms with Gasteiger partial charge in [0.15, 0.2) is 0 Å². The summed E-state index contributed by atoms with van der Waals surface area (Å²) in [4.78, 5) is 14.5. The van der Waals surface area contributed by atoms with Gasteiger partial charge in [-0.3, -0.25) is 4.79 Å². The molecule has 0 aromatic heterocycles. The molecule has 4 heteroatoms. The largest absolute Gasteiger partial charge is 0.372 e. The van der Waals surface area contributed by atoms with Gasteiger partial charge in [-0.1, -0.05) is 0 Å². The topological polar surface area (TPSA) is 44.4 Å². The molecule has 1 aromatic carbocycles. The van der Waals surface area contributed by atoms with Gasteiger partial charge in [0, 0.05) is 43.1 Å². The molecule has 2 aliphatic heterocycles. The van der Waals surface area contributed by atoms with Crippen LogP contribution < -0.4 is 15.5 Å². The van der Waals surface area contributed by atoms with Crippen molar-refractivity contribution in [3.05, 3.63) is 35.4 Å². The maximum Gasteiger partial charge on any atom is 0.251 e. The number of nitrogens with zero attached hydrogens (tertiary/aromatic N) is 1. The average Bonchev–Trinajstić information content (AvgIpc) is 2.91. The van der Waals surface area contributed by atoms with E-state index >= 15 is 0 Å². The van der Waals surface area contributed by atoms with Gasteiger partial charge in [-0.15, -0.1) is 0 Å². The number of benzene rings is 1. The van der Waals surface area contributed by atoms with E-state index in [1.165, 1.54) is 24.1 Å². The summed E-state index contributed by atoms with van der Waals surface area (Å²) in [7, 11) is 0. The molecule has 0 saturated carbocycles. The minimum atomic E-state index is 0.00965. The van der Waals surface area contributed by atoms with Crippen LogP contribution in [0, 0.1) is 0 Å². The Morgan fingerprint density at radius 3 is 2.35 bits per heavy atom. The number of rotatable bonds is 3. The fourth-order valence-electron chi connectivity index (χ4n) is 2.63. The van der Waals surface area contributed by atoms with Crippen LogP contribution in [-0.2, 0) is 4.79 Å². The summed E-state index contributed by atoms with van der Waals surface area (Å²) in [5.41, 5.74) is 4.16. The number of anilines is 2. The van der Waals surface area contributed by atoms with Crippen molar-refractivity contribution in [2.45, 2.75) is 19.8 Å². The maximum atomic E-state index is 12.1. The molecule has 2 saturated heterocycles. The summed E-state index contributed by atoms with van der Waals surface area (Å²) in [5.74, 6) is 0.00965. The third-order valence-electron chi connectivity index (χ3n) is 4.14. The Bertz CT molecular complexity index is 521. The molecule has 3 rings (SSSR count). The van der Waals surface area contributed by atoms with E-state index in [1.807, 2.05) is 19.1 Å². The molecule has 20 heavy (non-hydrogen) atoms. The van der Waals surface area contributed by atoms with Crippen LogP contribution in [0.4, 0.5) is 11.4 Å². The van der Waals surface area contributed by atoms with E-state index in [0.29, 0.717) is 0 Å². The molecule has 0 bridgehead atoms. The lowest BCUT2D eigenvalue weighted by molar-refractivity contribution is -0.112. The van der Waals surface area contributed by atoms with Crippen LogP contribution >= 0.6 is 0 Å². The first-order valence-electron chi connectivity index (χ1n) is 7.30. The second kappa shape index (κ2) is 5.67. The summed E-state index contributed by atoms with van der Waals surface area (Å²) in [6.07, 6.45) is 2.55. The first-order valence-corrected chi connectivity index (χ1v) is 7.30. The summed E-state index contributed by atoms with van der Waals surface area (Å²) in [6, 6.07) is 8.16. The Kier molecular flexibility index (Phi) is 3.74. The van der Waals surface area contributed by atoms with E-state index in [9.17, 15) is 4.79 Å². The molecule has 0 aliphatic carbocycles. The van der Waals surface area contributed by atoms with Crippen molar-refractivity contribution in [2.75, 3.05) is 36.4 Å². The van der Waals surface area contributed by atoms with E-state index in [2.05, 4.69) is 27.7 Å². The van der Waals surface area contributed by atoms with Crippen LogP contribution in [0.5, 0.6) is 0 Å². The second-order valence-electron chi connectivity index (χ2n) is 5.53. The van der Waals surface area contributed by atoms with Gasteiger partial charge in [0.05, 0.1) is 0 Å². The Hall–Kier alpha value is -1.81. The van der Waals surface area contributed by atoms with Gasteiger partial charge in [0.25, 0.3) is 5.91 Å². The molecule has 0 unspecified atom stereocenters. The van der Waals surface area contributed by atoms with E-state index in [1.54, 1.807) is 0 Å². The normalized spacial score (nSPS) is 17.9. The molecule has 2 fully saturated rings. The second-order valence-corrected chi connectivity index (χ2v) is 5.53. The van der Waals surface area contributed by atoms with Crippen molar-refractivity contribution < 1.29 is 4.79 Å². The molecule has 4 nitrogen and oxygen atoms in total. The molecular formula is C16H21N3O.